The number of hydrogen-bond donors (Lipinski definition) is 1. The quantitative estimate of drug-likeness (QED) is 0.874. The molecule has 1 aromatic carbocycles. The second-order valence-electron chi connectivity index (χ2n) is 7.04. The predicted molar refractivity (Wildman–Crippen MR) is 92.9 cm³/mol. The third-order valence-electron chi connectivity index (χ3n) is 4.92. The Bertz CT molecular complexity index is 780. The Morgan fingerprint density at radius 2 is 2.20 bits per heavy atom. The lowest BCUT2D eigenvalue weighted by molar-refractivity contribution is 0.0932. The summed E-state index contributed by atoms with van der Waals surface area (Å²) in [4.78, 5) is 14.5. The SMILES string of the molecule is CN(C)C(CNC(=O)c1cc(C2CC2)on1)c1ccc2c(c1)CCO2. The molecular formula is C19H23N3O3. The van der Waals surface area contributed by atoms with E-state index in [0.29, 0.717) is 18.2 Å². The fourth-order valence-electron chi connectivity index (χ4n) is 3.25. The fraction of sp³-hybridized carbons (Fsp3) is 0.474. The number of benzene rings is 1. The van der Waals surface area contributed by atoms with Gasteiger partial charge in [-0.1, -0.05) is 17.3 Å². The van der Waals surface area contributed by atoms with Crippen molar-refractivity contribution < 1.29 is 14.1 Å². The number of carbonyl (C=O) groups excluding carboxylic acids is 1. The largest absolute Gasteiger partial charge is 0.493 e. The number of fused-ring (bicyclic) bond motifs is 1. The second kappa shape index (κ2) is 6.52. The van der Waals surface area contributed by atoms with Crippen molar-refractivity contribution >= 4 is 5.91 Å². The van der Waals surface area contributed by atoms with Crippen molar-refractivity contribution in [3.63, 3.8) is 0 Å². The molecule has 2 aromatic rings. The smallest absolute Gasteiger partial charge is 0.273 e. The molecule has 1 aromatic heterocycles. The minimum Gasteiger partial charge on any atom is -0.493 e. The summed E-state index contributed by atoms with van der Waals surface area (Å²) in [5, 5.41) is 6.89. The topological polar surface area (TPSA) is 67.6 Å². The average molecular weight is 341 g/mol. The van der Waals surface area contributed by atoms with Crippen LogP contribution in [0.4, 0.5) is 0 Å². The molecule has 0 spiro atoms. The lowest BCUT2D eigenvalue weighted by atomic mass is 10.0. The Hall–Kier alpha value is -2.34. The predicted octanol–water partition coefficient (Wildman–Crippen LogP) is 2.52. The van der Waals surface area contributed by atoms with Gasteiger partial charge in [0.15, 0.2) is 5.69 Å². The van der Waals surface area contributed by atoms with Gasteiger partial charge in [0.2, 0.25) is 0 Å². The molecule has 1 N–H and O–H groups in total. The standard InChI is InChI=1S/C19H23N3O3/c1-22(2)16(13-5-6-17-14(9-13)7-8-24-17)11-20-19(23)15-10-18(25-21-15)12-3-4-12/h5-6,9-10,12,16H,3-4,7-8,11H2,1-2H3,(H,20,23). The summed E-state index contributed by atoms with van der Waals surface area (Å²) in [6, 6.07) is 8.13. The van der Waals surface area contributed by atoms with Crippen molar-refractivity contribution in [2.75, 3.05) is 27.2 Å². The molecule has 1 aliphatic heterocycles. The first kappa shape index (κ1) is 16.1. The van der Waals surface area contributed by atoms with Crippen molar-refractivity contribution in [2.45, 2.75) is 31.2 Å². The third kappa shape index (κ3) is 3.39. The highest BCUT2D eigenvalue weighted by atomic mass is 16.5. The molecule has 6 nitrogen and oxygen atoms in total. The Labute approximate surface area is 147 Å². The van der Waals surface area contributed by atoms with Gasteiger partial charge in [-0.3, -0.25) is 4.79 Å². The first-order valence-corrected chi connectivity index (χ1v) is 8.78. The summed E-state index contributed by atoms with van der Waals surface area (Å²) in [5.74, 6) is 2.07. The number of nitrogens with one attached hydrogen (secondary N) is 1. The zero-order chi connectivity index (χ0) is 17.4. The molecule has 132 valence electrons. The van der Waals surface area contributed by atoms with E-state index in [2.05, 4.69) is 27.5 Å². The molecule has 1 aliphatic carbocycles. The number of carbonyl (C=O) groups is 1. The van der Waals surface area contributed by atoms with Crippen molar-refractivity contribution in [1.29, 1.82) is 0 Å². The normalized spacial score (nSPS) is 17.2. The van der Waals surface area contributed by atoms with Crippen LogP contribution in [0.5, 0.6) is 5.75 Å². The summed E-state index contributed by atoms with van der Waals surface area (Å²) in [7, 11) is 4.03. The number of amides is 1. The van der Waals surface area contributed by atoms with Gasteiger partial charge >= 0.3 is 0 Å². The van der Waals surface area contributed by atoms with Gasteiger partial charge in [0.1, 0.15) is 11.5 Å². The molecule has 25 heavy (non-hydrogen) atoms. The molecule has 6 heteroatoms. The highest BCUT2D eigenvalue weighted by molar-refractivity contribution is 5.92. The van der Waals surface area contributed by atoms with Crippen molar-refractivity contribution in [3.05, 3.63) is 46.8 Å². The maximum absolute atomic E-state index is 12.4. The molecule has 0 saturated heterocycles. The van der Waals surface area contributed by atoms with E-state index in [4.69, 9.17) is 9.26 Å². The second-order valence-corrected chi connectivity index (χ2v) is 7.04. The van der Waals surface area contributed by atoms with E-state index in [1.54, 1.807) is 6.07 Å². The molecule has 2 aliphatic rings. The highest BCUT2D eigenvalue weighted by Gasteiger charge is 2.29. The average Bonchev–Trinajstić information content (AvgIpc) is 3.14. The third-order valence-corrected chi connectivity index (χ3v) is 4.92. The summed E-state index contributed by atoms with van der Waals surface area (Å²) < 4.78 is 10.8. The summed E-state index contributed by atoms with van der Waals surface area (Å²) >= 11 is 0. The minimum atomic E-state index is -0.188. The number of likely N-dealkylation sites (N-methyl/N-ethyl adjacent to an activating group) is 1. The number of rotatable bonds is 6. The van der Waals surface area contributed by atoms with E-state index < -0.39 is 0 Å². The van der Waals surface area contributed by atoms with Crippen LogP contribution < -0.4 is 10.1 Å². The number of nitrogens with zero attached hydrogens (tertiary/aromatic N) is 2. The van der Waals surface area contributed by atoms with E-state index >= 15 is 0 Å². The van der Waals surface area contributed by atoms with Gasteiger partial charge in [-0.15, -0.1) is 0 Å². The van der Waals surface area contributed by atoms with Crippen molar-refractivity contribution in [2.24, 2.45) is 0 Å². The van der Waals surface area contributed by atoms with Crippen LogP contribution in [-0.4, -0.2) is 43.2 Å². The highest BCUT2D eigenvalue weighted by Crippen LogP contribution is 2.40. The van der Waals surface area contributed by atoms with Gasteiger partial charge < -0.3 is 19.5 Å². The van der Waals surface area contributed by atoms with Gasteiger partial charge in [0.05, 0.1) is 12.6 Å². The van der Waals surface area contributed by atoms with Gasteiger partial charge in [-0.2, -0.15) is 0 Å². The van der Waals surface area contributed by atoms with E-state index in [-0.39, 0.29) is 11.9 Å². The fourth-order valence-corrected chi connectivity index (χ4v) is 3.25. The number of hydrogen-bond acceptors (Lipinski definition) is 5. The maximum Gasteiger partial charge on any atom is 0.273 e. The van der Waals surface area contributed by atoms with Crippen LogP contribution in [0.15, 0.2) is 28.8 Å². The van der Waals surface area contributed by atoms with Crippen LogP contribution in [0, 0.1) is 0 Å². The molecular weight excluding hydrogens is 318 g/mol. The number of aromatic nitrogens is 1. The maximum atomic E-state index is 12.4. The van der Waals surface area contributed by atoms with Gasteiger partial charge in [0.25, 0.3) is 5.91 Å². The molecule has 1 atom stereocenters. The van der Waals surface area contributed by atoms with Gasteiger partial charge in [-0.25, -0.2) is 0 Å². The summed E-state index contributed by atoms with van der Waals surface area (Å²) in [6.45, 7) is 1.26. The van der Waals surface area contributed by atoms with Crippen LogP contribution in [0.3, 0.4) is 0 Å². The lowest BCUT2D eigenvalue weighted by Crippen LogP contribution is -2.34. The van der Waals surface area contributed by atoms with E-state index in [1.807, 2.05) is 20.2 Å². The Balaban J connectivity index is 1.43. The first-order valence-electron chi connectivity index (χ1n) is 8.78. The molecule has 2 heterocycles. The van der Waals surface area contributed by atoms with Crippen LogP contribution in [0.2, 0.25) is 0 Å². The Morgan fingerprint density at radius 1 is 1.36 bits per heavy atom. The Morgan fingerprint density at radius 3 is 2.96 bits per heavy atom. The monoisotopic (exact) mass is 341 g/mol. The van der Waals surface area contributed by atoms with Crippen LogP contribution in [0.25, 0.3) is 0 Å². The molecule has 0 radical (unpaired) electrons. The van der Waals surface area contributed by atoms with Gasteiger partial charge in [-0.05, 0) is 44.1 Å². The summed E-state index contributed by atoms with van der Waals surface area (Å²) in [5.41, 5.74) is 2.77. The van der Waals surface area contributed by atoms with Crippen LogP contribution in [-0.2, 0) is 6.42 Å². The zero-order valence-electron chi connectivity index (χ0n) is 14.6. The first-order chi connectivity index (χ1) is 12.1. The van der Waals surface area contributed by atoms with E-state index in [1.165, 1.54) is 11.1 Å². The number of ether oxygens (including phenoxy) is 1. The summed E-state index contributed by atoms with van der Waals surface area (Å²) in [6.07, 6.45) is 3.20. The van der Waals surface area contributed by atoms with Crippen LogP contribution >= 0.6 is 0 Å². The molecule has 1 fully saturated rings. The van der Waals surface area contributed by atoms with E-state index in [9.17, 15) is 4.79 Å². The molecule has 1 saturated carbocycles. The van der Waals surface area contributed by atoms with Crippen LogP contribution in [0.1, 0.15) is 52.2 Å². The minimum absolute atomic E-state index is 0.0876. The van der Waals surface area contributed by atoms with E-state index in [0.717, 1.165) is 37.4 Å². The molecule has 1 unspecified atom stereocenters. The molecule has 0 bridgehead atoms. The molecule has 1 amide bonds. The van der Waals surface area contributed by atoms with Crippen molar-refractivity contribution in [3.8, 4) is 5.75 Å². The lowest BCUT2D eigenvalue weighted by Gasteiger charge is -2.25. The zero-order valence-corrected chi connectivity index (χ0v) is 14.6. The van der Waals surface area contributed by atoms with Gasteiger partial charge in [0, 0.05) is 24.9 Å². The molecule has 4 rings (SSSR count). The Kier molecular flexibility index (Phi) is 4.21. The van der Waals surface area contributed by atoms with Crippen molar-refractivity contribution in [1.82, 2.24) is 15.4 Å².